The molecule has 1 heterocycles. The fourth-order valence-corrected chi connectivity index (χ4v) is 2.33. The average molecular weight is 328 g/mol. The second-order valence-corrected chi connectivity index (χ2v) is 5.59. The number of nitrogen functional groups attached to an aromatic ring is 1. The number of rotatable bonds is 2. The second-order valence-electron chi connectivity index (χ2n) is 4.74. The van der Waals surface area contributed by atoms with Crippen molar-refractivity contribution in [1.29, 1.82) is 0 Å². The molecule has 0 fully saturated rings. The molecule has 0 aliphatic carbocycles. The number of aromatic nitrogens is 1. The monoisotopic (exact) mass is 327 g/mol. The normalized spacial score (nSPS) is 10.7. The van der Waals surface area contributed by atoms with Crippen molar-refractivity contribution in [3.63, 3.8) is 0 Å². The number of fused-ring (bicyclic) bond motifs is 1. The van der Waals surface area contributed by atoms with Crippen LogP contribution >= 0.6 is 15.9 Å². The molecule has 20 heavy (non-hydrogen) atoms. The number of nitrogens with zero attached hydrogens (tertiary/aromatic N) is 1. The van der Waals surface area contributed by atoms with Crippen molar-refractivity contribution < 1.29 is 0 Å². The van der Waals surface area contributed by atoms with Gasteiger partial charge in [0.25, 0.3) is 0 Å². The first-order valence-electron chi connectivity index (χ1n) is 6.31. The van der Waals surface area contributed by atoms with Gasteiger partial charge >= 0.3 is 0 Å². The van der Waals surface area contributed by atoms with E-state index in [-0.39, 0.29) is 0 Å². The summed E-state index contributed by atoms with van der Waals surface area (Å²) in [6.45, 7) is 2.06. The van der Waals surface area contributed by atoms with Gasteiger partial charge in [-0.3, -0.25) is 0 Å². The van der Waals surface area contributed by atoms with Gasteiger partial charge in [-0.05, 0) is 61.0 Å². The maximum atomic E-state index is 5.77. The highest BCUT2D eigenvalue weighted by atomic mass is 79.9. The van der Waals surface area contributed by atoms with Crippen molar-refractivity contribution in [1.82, 2.24) is 4.98 Å². The first kappa shape index (κ1) is 12.9. The maximum absolute atomic E-state index is 5.77. The molecule has 100 valence electrons. The van der Waals surface area contributed by atoms with Crippen molar-refractivity contribution in [3.8, 4) is 0 Å². The minimum absolute atomic E-state index is 0.753. The molecule has 0 spiro atoms. The molecule has 4 heteroatoms. The van der Waals surface area contributed by atoms with Crippen LogP contribution < -0.4 is 11.1 Å². The fraction of sp³-hybridized carbons (Fsp3) is 0.0625. The number of benzene rings is 2. The van der Waals surface area contributed by atoms with Gasteiger partial charge in [0.1, 0.15) is 5.82 Å². The molecule has 0 radical (unpaired) electrons. The van der Waals surface area contributed by atoms with Gasteiger partial charge in [-0.1, -0.05) is 15.9 Å². The van der Waals surface area contributed by atoms with E-state index >= 15 is 0 Å². The largest absolute Gasteiger partial charge is 0.399 e. The molecule has 2 aromatic carbocycles. The van der Waals surface area contributed by atoms with Crippen LogP contribution in [-0.2, 0) is 0 Å². The predicted molar refractivity (Wildman–Crippen MR) is 88.3 cm³/mol. The summed E-state index contributed by atoms with van der Waals surface area (Å²) in [5.74, 6) is 0.823. The van der Waals surface area contributed by atoms with Crippen LogP contribution in [0.15, 0.2) is 53.0 Å². The van der Waals surface area contributed by atoms with E-state index < -0.39 is 0 Å². The van der Waals surface area contributed by atoms with Crippen LogP contribution in [0.25, 0.3) is 10.9 Å². The molecule has 3 nitrogen and oxygen atoms in total. The third kappa shape index (κ3) is 2.60. The van der Waals surface area contributed by atoms with Crippen molar-refractivity contribution in [2.45, 2.75) is 6.92 Å². The van der Waals surface area contributed by atoms with Crippen LogP contribution in [-0.4, -0.2) is 4.98 Å². The topological polar surface area (TPSA) is 50.9 Å². The van der Waals surface area contributed by atoms with Crippen molar-refractivity contribution in [3.05, 3.63) is 58.6 Å². The van der Waals surface area contributed by atoms with Crippen LogP contribution in [0.3, 0.4) is 0 Å². The van der Waals surface area contributed by atoms with E-state index in [4.69, 9.17) is 5.73 Å². The SMILES string of the molecule is Cc1cc(Nc2ccc3cc(N)ccc3n2)ccc1Br. The zero-order chi connectivity index (χ0) is 14.1. The van der Waals surface area contributed by atoms with Gasteiger partial charge in [0, 0.05) is 21.2 Å². The molecule has 3 rings (SSSR count). The molecule has 3 aromatic rings. The number of aryl methyl sites for hydroxylation is 1. The summed E-state index contributed by atoms with van der Waals surface area (Å²) < 4.78 is 1.10. The Kier molecular flexibility index (Phi) is 3.32. The maximum Gasteiger partial charge on any atom is 0.131 e. The molecular formula is C16H14BrN3. The minimum atomic E-state index is 0.753. The lowest BCUT2D eigenvalue weighted by molar-refractivity contribution is 1.35. The van der Waals surface area contributed by atoms with E-state index in [1.807, 2.05) is 42.5 Å². The highest BCUT2D eigenvalue weighted by Gasteiger charge is 2.01. The van der Waals surface area contributed by atoms with E-state index in [1.165, 1.54) is 5.56 Å². The first-order valence-corrected chi connectivity index (χ1v) is 7.10. The third-order valence-electron chi connectivity index (χ3n) is 3.14. The molecule has 1 aromatic heterocycles. The zero-order valence-electron chi connectivity index (χ0n) is 11.0. The molecule has 0 bridgehead atoms. The minimum Gasteiger partial charge on any atom is -0.399 e. The summed E-state index contributed by atoms with van der Waals surface area (Å²) in [6.07, 6.45) is 0. The Hall–Kier alpha value is -2.07. The summed E-state index contributed by atoms with van der Waals surface area (Å²) >= 11 is 3.50. The quantitative estimate of drug-likeness (QED) is 0.674. The van der Waals surface area contributed by atoms with Crippen LogP contribution in [0.1, 0.15) is 5.56 Å². The van der Waals surface area contributed by atoms with E-state index in [2.05, 4.69) is 39.2 Å². The number of anilines is 3. The Balaban J connectivity index is 1.94. The second kappa shape index (κ2) is 5.13. The lowest BCUT2D eigenvalue weighted by atomic mass is 10.2. The molecule has 0 aliphatic rings. The summed E-state index contributed by atoms with van der Waals surface area (Å²) in [4.78, 5) is 4.59. The smallest absolute Gasteiger partial charge is 0.131 e. The fourth-order valence-electron chi connectivity index (χ4n) is 2.08. The van der Waals surface area contributed by atoms with Crippen molar-refractivity contribution in [2.75, 3.05) is 11.1 Å². The molecule has 0 unspecified atom stereocenters. The predicted octanol–water partition coefficient (Wildman–Crippen LogP) is 4.63. The zero-order valence-corrected chi connectivity index (χ0v) is 12.6. The molecule has 0 atom stereocenters. The lowest BCUT2D eigenvalue weighted by Crippen LogP contribution is -1.94. The van der Waals surface area contributed by atoms with Crippen molar-refractivity contribution >= 4 is 44.0 Å². The number of pyridine rings is 1. The Morgan fingerprint density at radius 2 is 1.90 bits per heavy atom. The molecule has 0 amide bonds. The Labute approximate surface area is 126 Å². The van der Waals surface area contributed by atoms with Crippen LogP contribution in [0.2, 0.25) is 0 Å². The van der Waals surface area contributed by atoms with Gasteiger partial charge in [-0.25, -0.2) is 4.98 Å². The molecule has 0 saturated heterocycles. The Bertz CT molecular complexity index is 784. The highest BCUT2D eigenvalue weighted by Crippen LogP contribution is 2.24. The standard InChI is InChI=1S/C16H14BrN3/c1-10-8-13(4-5-14(10)17)19-16-7-2-11-9-12(18)3-6-15(11)20-16/h2-9H,18H2,1H3,(H,19,20). The molecule has 0 aliphatic heterocycles. The van der Waals surface area contributed by atoms with E-state index in [0.717, 1.165) is 32.6 Å². The summed E-state index contributed by atoms with van der Waals surface area (Å²) in [5.41, 5.74) is 9.66. The van der Waals surface area contributed by atoms with Gasteiger partial charge in [0.05, 0.1) is 5.52 Å². The molecular weight excluding hydrogens is 314 g/mol. The van der Waals surface area contributed by atoms with Gasteiger partial charge in [-0.2, -0.15) is 0 Å². The number of halogens is 1. The summed E-state index contributed by atoms with van der Waals surface area (Å²) in [6, 6.07) is 15.8. The molecule has 3 N–H and O–H groups in total. The number of nitrogens with two attached hydrogens (primary N) is 1. The Morgan fingerprint density at radius 3 is 2.70 bits per heavy atom. The number of hydrogen-bond acceptors (Lipinski definition) is 3. The van der Waals surface area contributed by atoms with Crippen LogP contribution in [0.5, 0.6) is 0 Å². The van der Waals surface area contributed by atoms with Crippen molar-refractivity contribution in [2.24, 2.45) is 0 Å². The van der Waals surface area contributed by atoms with E-state index in [0.29, 0.717) is 0 Å². The van der Waals surface area contributed by atoms with Crippen LogP contribution in [0, 0.1) is 6.92 Å². The lowest BCUT2D eigenvalue weighted by Gasteiger charge is -2.08. The van der Waals surface area contributed by atoms with E-state index in [1.54, 1.807) is 0 Å². The van der Waals surface area contributed by atoms with Crippen LogP contribution in [0.4, 0.5) is 17.2 Å². The molecule has 0 saturated carbocycles. The van der Waals surface area contributed by atoms with Gasteiger partial charge < -0.3 is 11.1 Å². The summed E-state index contributed by atoms with van der Waals surface area (Å²) in [5, 5.41) is 4.36. The number of nitrogens with one attached hydrogen (secondary N) is 1. The van der Waals surface area contributed by atoms with Gasteiger partial charge in [0.2, 0.25) is 0 Å². The summed E-state index contributed by atoms with van der Waals surface area (Å²) in [7, 11) is 0. The van der Waals surface area contributed by atoms with E-state index in [9.17, 15) is 0 Å². The number of hydrogen-bond donors (Lipinski definition) is 2. The van der Waals surface area contributed by atoms with Gasteiger partial charge in [0.15, 0.2) is 0 Å². The Morgan fingerprint density at radius 1 is 1.05 bits per heavy atom. The highest BCUT2D eigenvalue weighted by molar-refractivity contribution is 9.10. The first-order chi connectivity index (χ1) is 9.61. The van der Waals surface area contributed by atoms with Gasteiger partial charge in [-0.15, -0.1) is 0 Å². The average Bonchev–Trinajstić information content (AvgIpc) is 2.43. The third-order valence-corrected chi connectivity index (χ3v) is 4.03.